The smallest absolute Gasteiger partial charge is 0.0718 e. The SMILES string of the molecule is CC(C)c1ccccc1C(=O)[O-]. The maximum atomic E-state index is 10.6. The molecule has 0 atom stereocenters. The Labute approximate surface area is 71.8 Å². The second-order valence-electron chi connectivity index (χ2n) is 3.03. The van der Waals surface area contributed by atoms with Crippen LogP contribution < -0.4 is 5.11 Å². The van der Waals surface area contributed by atoms with Gasteiger partial charge < -0.3 is 9.90 Å². The number of carboxylic acid groups (broad SMARTS) is 1. The molecule has 1 aromatic rings. The third-order valence-corrected chi connectivity index (χ3v) is 1.80. The first kappa shape index (κ1) is 8.78. The molecule has 0 aliphatic heterocycles. The number of hydrogen-bond acceptors (Lipinski definition) is 2. The van der Waals surface area contributed by atoms with Crippen LogP contribution in [0.3, 0.4) is 0 Å². The van der Waals surface area contributed by atoms with Crippen LogP contribution in [0.25, 0.3) is 0 Å². The van der Waals surface area contributed by atoms with Gasteiger partial charge >= 0.3 is 0 Å². The Balaban J connectivity index is 3.17. The monoisotopic (exact) mass is 163 g/mol. The number of hydrogen-bond donors (Lipinski definition) is 0. The van der Waals surface area contributed by atoms with Crippen LogP contribution in [0.1, 0.15) is 35.7 Å². The Hall–Kier alpha value is -1.31. The maximum absolute atomic E-state index is 10.6. The van der Waals surface area contributed by atoms with E-state index in [1.54, 1.807) is 12.1 Å². The number of rotatable bonds is 2. The molecule has 2 heteroatoms. The molecule has 64 valence electrons. The molecule has 1 rings (SSSR count). The highest BCUT2D eigenvalue weighted by Gasteiger charge is 2.04. The number of carbonyl (C=O) groups is 1. The zero-order valence-electron chi connectivity index (χ0n) is 7.20. The van der Waals surface area contributed by atoms with Gasteiger partial charge in [-0.25, -0.2) is 0 Å². The summed E-state index contributed by atoms with van der Waals surface area (Å²) in [6, 6.07) is 6.93. The summed E-state index contributed by atoms with van der Waals surface area (Å²) in [5.74, 6) is -0.876. The summed E-state index contributed by atoms with van der Waals surface area (Å²) in [6.07, 6.45) is 0. The summed E-state index contributed by atoms with van der Waals surface area (Å²) >= 11 is 0. The van der Waals surface area contributed by atoms with Crippen LogP contribution in [0.4, 0.5) is 0 Å². The van der Waals surface area contributed by atoms with E-state index in [1.165, 1.54) is 0 Å². The lowest BCUT2D eigenvalue weighted by Crippen LogP contribution is -2.23. The molecular formula is C10H11O2-. The lowest BCUT2D eigenvalue weighted by atomic mass is 9.97. The van der Waals surface area contributed by atoms with E-state index in [4.69, 9.17) is 0 Å². The van der Waals surface area contributed by atoms with E-state index in [0.717, 1.165) is 5.56 Å². The molecule has 0 saturated carbocycles. The summed E-state index contributed by atoms with van der Waals surface area (Å²) in [6.45, 7) is 3.92. The molecule has 0 heterocycles. The van der Waals surface area contributed by atoms with Gasteiger partial charge in [0.05, 0.1) is 5.97 Å². The minimum Gasteiger partial charge on any atom is -0.545 e. The van der Waals surface area contributed by atoms with E-state index in [-0.39, 0.29) is 5.92 Å². The van der Waals surface area contributed by atoms with Gasteiger partial charge in [0, 0.05) is 5.56 Å². The molecule has 0 N–H and O–H groups in total. The molecule has 0 fully saturated rings. The van der Waals surface area contributed by atoms with E-state index in [1.807, 2.05) is 26.0 Å². The number of carbonyl (C=O) groups excluding carboxylic acids is 1. The Morgan fingerprint density at radius 3 is 2.33 bits per heavy atom. The zero-order chi connectivity index (χ0) is 9.14. The molecule has 0 unspecified atom stereocenters. The molecule has 0 amide bonds. The van der Waals surface area contributed by atoms with Crippen molar-refractivity contribution in [3.05, 3.63) is 35.4 Å². The Kier molecular flexibility index (Phi) is 2.48. The van der Waals surface area contributed by atoms with Crippen LogP contribution in [-0.4, -0.2) is 5.97 Å². The highest BCUT2D eigenvalue weighted by atomic mass is 16.4. The largest absolute Gasteiger partial charge is 0.545 e. The van der Waals surface area contributed by atoms with Crippen LogP contribution >= 0.6 is 0 Å². The fourth-order valence-electron chi connectivity index (χ4n) is 1.19. The first-order valence-corrected chi connectivity index (χ1v) is 3.93. The van der Waals surface area contributed by atoms with Crippen LogP contribution in [0.5, 0.6) is 0 Å². The molecule has 0 spiro atoms. The van der Waals surface area contributed by atoms with Gasteiger partial charge in [-0.15, -0.1) is 0 Å². The van der Waals surface area contributed by atoms with Gasteiger partial charge in [0.1, 0.15) is 0 Å². The van der Waals surface area contributed by atoms with Gasteiger partial charge in [0.25, 0.3) is 0 Å². The normalized spacial score (nSPS) is 10.2. The van der Waals surface area contributed by atoms with Crippen LogP contribution in [-0.2, 0) is 0 Å². The van der Waals surface area contributed by atoms with Crippen molar-refractivity contribution in [2.45, 2.75) is 19.8 Å². The molecule has 12 heavy (non-hydrogen) atoms. The van der Waals surface area contributed by atoms with Crippen molar-refractivity contribution in [2.75, 3.05) is 0 Å². The first-order valence-electron chi connectivity index (χ1n) is 3.93. The summed E-state index contributed by atoms with van der Waals surface area (Å²) in [7, 11) is 0. The molecule has 0 bridgehead atoms. The number of carboxylic acids is 1. The third-order valence-electron chi connectivity index (χ3n) is 1.80. The van der Waals surface area contributed by atoms with E-state index in [2.05, 4.69) is 0 Å². The van der Waals surface area contributed by atoms with Gasteiger partial charge in [-0.05, 0) is 11.5 Å². The summed E-state index contributed by atoms with van der Waals surface area (Å²) in [4.78, 5) is 10.6. The topological polar surface area (TPSA) is 40.1 Å². The fraction of sp³-hybridized carbons (Fsp3) is 0.300. The molecular weight excluding hydrogens is 152 g/mol. The predicted octanol–water partition coefficient (Wildman–Crippen LogP) is 1.17. The average Bonchev–Trinajstić information content (AvgIpc) is 2.04. The van der Waals surface area contributed by atoms with Crippen molar-refractivity contribution in [2.24, 2.45) is 0 Å². The lowest BCUT2D eigenvalue weighted by Gasteiger charge is -2.12. The quantitative estimate of drug-likeness (QED) is 0.656. The second kappa shape index (κ2) is 3.39. The lowest BCUT2D eigenvalue weighted by molar-refractivity contribution is -0.255. The number of benzene rings is 1. The molecule has 0 aliphatic carbocycles. The summed E-state index contributed by atoms with van der Waals surface area (Å²) in [5, 5.41) is 10.6. The third kappa shape index (κ3) is 1.64. The fourth-order valence-corrected chi connectivity index (χ4v) is 1.19. The zero-order valence-corrected chi connectivity index (χ0v) is 7.20. The second-order valence-corrected chi connectivity index (χ2v) is 3.03. The van der Waals surface area contributed by atoms with Gasteiger partial charge in [0.2, 0.25) is 0 Å². The van der Waals surface area contributed by atoms with Crippen LogP contribution in [0.15, 0.2) is 24.3 Å². The van der Waals surface area contributed by atoms with Crippen molar-refractivity contribution in [3.63, 3.8) is 0 Å². The molecule has 2 nitrogen and oxygen atoms in total. The molecule has 0 aliphatic rings. The van der Waals surface area contributed by atoms with Crippen molar-refractivity contribution >= 4 is 5.97 Å². The van der Waals surface area contributed by atoms with E-state index >= 15 is 0 Å². The van der Waals surface area contributed by atoms with E-state index in [0.29, 0.717) is 5.56 Å². The first-order chi connectivity index (χ1) is 5.63. The van der Waals surface area contributed by atoms with Gasteiger partial charge in [-0.2, -0.15) is 0 Å². The van der Waals surface area contributed by atoms with E-state index in [9.17, 15) is 9.90 Å². The van der Waals surface area contributed by atoms with Crippen LogP contribution in [0, 0.1) is 0 Å². The highest BCUT2D eigenvalue weighted by molar-refractivity contribution is 5.87. The Morgan fingerprint density at radius 2 is 1.92 bits per heavy atom. The highest BCUT2D eigenvalue weighted by Crippen LogP contribution is 2.17. The molecule has 0 saturated heterocycles. The van der Waals surface area contributed by atoms with Gasteiger partial charge in [-0.3, -0.25) is 0 Å². The van der Waals surface area contributed by atoms with Gasteiger partial charge in [0.15, 0.2) is 0 Å². The Bertz CT molecular complexity index is 290. The molecule has 0 aromatic heterocycles. The Morgan fingerprint density at radius 1 is 1.33 bits per heavy atom. The van der Waals surface area contributed by atoms with Gasteiger partial charge in [-0.1, -0.05) is 38.1 Å². The predicted molar refractivity (Wildman–Crippen MR) is 44.9 cm³/mol. The maximum Gasteiger partial charge on any atom is 0.0718 e. The average molecular weight is 163 g/mol. The molecule has 1 aromatic carbocycles. The summed E-state index contributed by atoms with van der Waals surface area (Å²) in [5.41, 5.74) is 1.13. The van der Waals surface area contributed by atoms with Crippen molar-refractivity contribution in [1.82, 2.24) is 0 Å². The molecule has 0 radical (unpaired) electrons. The van der Waals surface area contributed by atoms with Crippen molar-refractivity contribution in [3.8, 4) is 0 Å². The van der Waals surface area contributed by atoms with Crippen LogP contribution in [0.2, 0.25) is 0 Å². The van der Waals surface area contributed by atoms with Crippen molar-refractivity contribution < 1.29 is 9.90 Å². The van der Waals surface area contributed by atoms with E-state index < -0.39 is 5.97 Å². The standard InChI is InChI=1S/C10H12O2/c1-7(2)8-5-3-4-6-9(8)10(11)12/h3-7H,1-2H3,(H,11,12)/p-1. The summed E-state index contributed by atoms with van der Waals surface area (Å²) < 4.78 is 0. The van der Waals surface area contributed by atoms with Crippen molar-refractivity contribution in [1.29, 1.82) is 0 Å². The number of aromatic carboxylic acids is 1. The minimum atomic E-state index is -1.10. The minimum absolute atomic E-state index is 0.221.